The number of unbranched alkanes of at least 4 members (excludes halogenated alkanes) is 1. The smallest absolute Gasteiger partial charge is 0.119 e. The molecule has 4 unspecified atom stereocenters. The maximum absolute atomic E-state index is 5.86. The standard InChI is InChI=1S/C30H48O/c1-3-5-20-31-30-18-16-26(17-19-30)28-15-14-27-21-25(12-13-29(27)22-28)11-10-24-8-6-23(4-2)7-9-24/h16-19,23-25,27-29H,3-15,20-22H2,1-2H3. The minimum atomic E-state index is 0.788. The van der Waals surface area contributed by atoms with Crippen molar-refractivity contribution in [2.75, 3.05) is 6.61 Å². The molecule has 1 heteroatoms. The molecule has 3 fully saturated rings. The Morgan fingerprint density at radius 3 is 2.10 bits per heavy atom. The normalized spacial score (nSPS) is 33.6. The molecule has 0 bridgehead atoms. The van der Waals surface area contributed by atoms with Crippen LogP contribution in [0.1, 0.15) is 122 Å². The number of rotatable bonds is 9. The topological polar surface area (TPSA) is 9.23 Å². The minimum absolute atomic E-state index is 0.788. The van der Waals surface area contributed by atoms with Crippen LogP contribution in [0.15, 0.2) is 24.3 Å². The second-order valence-corrected chi connectivity index (χ2v) is 11.4. The maximum Gasteiger partial charge on any atom is 0.119 e. The summed E-state index contributed by atoms with van der Waals surface area (Å²) < 4.78 is 5.86. The molecule has 4 atom stereocenters. The molecule has 3 aliphatic rings. The van der Waals surface area contributed by atoms with Crippen molar-refractivity contribution < 1.29 is 4.74 Å². The summed E-state index contributed by atoms with van der Waals surface area (Å²) in [5.74, 6) is 7.02. The highest BCUT2D eigenvalue weighted by Gasteiger charge is 2.36. The Hall–Kier alpha value is -0.980. The lowest BCUT2D eigenvalue weighted by atomic mass is 9.63. The van der Waals surface area contributed by atoms with Crippen molar-refractivity contribution in [3.63, 3.8) is 0 Å². The predicted molar refractivity (Wildman–Crippen MR) is 133 cm³/mol. The van der Waals surface area contributed by atoms with Crippen molar-refractivity contribution in [2.24, 2.45) is 29.6 Å². The summed E-state index contributed by atoms with van der Waals surface area (Å²) in [6.07, 6.45) is 21.8. The van der Waals surface area contributed by atoms with Gasteiger partial charge in [0.1, 0.15) is 5.75 Å². The third kappa shape index (κ3) is 6.52. The predicted octanol–water partition coefficient (Wildman–Crippen LogP) is 9.16. The summed E-state index contributed by atoms with van der Waals surface area (Å²) in [7, 11) is 0. The first-order valence-corrected chi connectivity index (χ1v) is 14.0. The highest BCUT2D eigenvalue weighted by molar-refractivity contribution is 5.30. The fraction of sp³-hybridized carbons (Fsp3) is 0.800. The fourth-order valence-electron chi connectivity index (χ4n) is 7.12. The Morgan fingerprint density at radius 2 is 1.35 bits per heavy atom. The molecule has 0 N–H and O–H groups in total. The van der Waals surface area contributed by atoms with E-state index >= 15 is 0 Å². The van der Waals surface area contributed by atoms with E-state index in [1.165, 1.54) is 83.5 Å². The number of benzene rings is 1. The molecule has 3 aliphatic carbocycles. The van der Waals surface area contributed by atoms with Crippen LogP contribution >= 0.6 is 0 Å². The Balaban J connectivity index is 1.19. The molecule has 0 heterocycles. The molecule has 4 rings (SSSR count). The second kappa shape index (κ2) is 11.8. The molecule has 31 heavy (non-hydrogen) atoms. The molecule has 1 aromatic carbocycles. The van der Waals surface area contributed by atoms with Crippen molar-refractivity contribution in [1.82, 2.24) is 0 Å². The average Bonchev–Trinajstić information content (AvgIpc) is 2.83. The summed E-state index contributed by atoms with van der Waals surface area (Å²) in [5, 5.41) is 0. The van der Waals surface area contributed by atoms with Gasteiger partial charge in [-0.1, -0.05) is 83.8 Å². The molecule has 1 aromatic rings. The second-order valence-electron chi connectivity index (χ2n) is 11.4. The number of hydrogen-bond acceptors (Lipinski definition) is 1. The average molecular weight is 425 g/mol. The third-order valence-electron chi connectivity index (χ3n) is 9.37. The largest absolute Gasteiger partial charge is 0.494 e. The van der Waals surface area contributed by atoms with Gasteiger partial charge in [-0.15, -0.1) is 0 Å². The van der Waals surface area contributed by atoms with Crippen molar-refractivity contribution in [1.29, 1.82) is 0 Å². The van der Waals surface area contributed by atoms with Gasteiger partial charge in [0.25, 0.3) is 0 Å². The molecule has 174 valence electrons. The van der Waals surface area contributed by atoms with E-state index in [0.29, 0.717) is 0 Å². The summed E-state index contributed by atoms with van der Waals surface area (Å²) in [5.41, 5.74) is 1.56. The van der Waals surface area contributed by atoms with Crippen molar-refractivity contribution in [3.05, 3.63) is 29.8 Å². The van der Waals surface area contributed by atoms with Crippen molar-refractivity contribution >= 4 is 0 Å². The zero-order chi connectivity index (χ0) is 21.5. The summed E-state index contributed by atoms with van der Waals surface area (Å²) in [6, 6.07) is 9.13. The molecule has 0 saturated heterocycles. The highest BCUT2D eigenvalue weighted by Crippen LogP contribution is 2.49. The Bertz CT molecular complexity index is 626. The van der Waals surface area contributed by atoms with E-state index in [4.69, 9.17) is 4.74 Å². The van der Waals surface area contributed by atoms with Gasteiger partial charge < -0.3 is 4.74 Å². The van der Waals surface area contributed by atoms with Gasteiger partial charge >= 0.3 is 0 Å². The Morgan fingerprint density at radius 1 is 0.710 bits per heavy atom. The van der Waals surface area contributed by atoms with E-state index < -0.39 is 0 Å². The van der Waals surface area contributed by atoms with Gasteiger partial charge in [0.2, 0.25) is 0 Å². The molecular formula is C30H48O. The van der Waals surface area contributed by atoms with E-state index in [1.54, 1.807) is 12.0 Å². The van der Waals surface area contributed by atoms with Crippen LogP contribution in [0.2, 0.25) is 0 Å². The van der Waals surface area contributed by atoms with Gasteiger partial charge in [0, 0.05) is 0 Å². The SMILES string of the molecule is CCCCOc1ccc(C2CCC3CC(CCC4CCC(CC)CC4)CCC3C2)cc1. The monoisotopic (exact) mass is 424 g/mol. The lowest BCUT2D eigenvalue weighted by molar-refractivity contribution is 0.109. The van der Waals surface area contributed by atoms with E-state index in [9.17, 15) is 0 Å². The highest BCUT2D eigenvalue weighted by atomic mass is 16.5. The first-order chi connectivity index (χ1) is 15.2. The van der Waals surface area contributed by atoms with Crippen molar-refractivity contribution in [3.8, 4) is 5.75 Å². The number of ether oxygens (including phenoxy) is 1. The molecule has 0 amide bonds. The van der Waals surface area contributed by atoms with Crippen LogP contribution in [0.25, 0.3) is 0 Å². The molecule has 0 radical (unpaired) electrons. The lowest BCUT2D eigenvalue weighted by Crippen LogP contribution is -2.30. The van der Waals surface area contributed by atoms with Gasteiger partial charge in [-0.25, -0.2) is 0 Å². The molecule has 0 aliphatic heterocycles. The number of hydrogen-bond donors (Lipinski definition) is 0. The summed E-state index contributed by atoms with van der Waals surface area (Å²) in [6.45, 7) is 5.45. The van der Waals surface area contributed by atoms with Gasteiger partial charge in [-0.2, -0.15) is 0 Å². The zero-order valence-corrected chi connectivity index (χ0v) is 20.5. The van der Waals surface area contributed by atoms with Gasteiger partial charge in [0.05, 0.1) is 6.61 Å². The van der Waals surface area contributed by atoms with Crippen LogP contribution in [0, 0.1) is 29.6 Å². The first kappa shape index (κ1) is 23.2. The fourth-order valence-corrected chi connectivity index (χ4v) is 7.12. The molecular weight excluding hydrogens is 376 g/mol. The molecule has 1 nitrogen and oxygen atoms in total. The Labute approximate surface area is 192 Å². The summed E-state index contributed by atoms with van der Waals surface area (Å²) in [4.78, 5) is 0. The molecule has 3 saturated carbocycles. The van der Waals surface area contributed by atoms with Crippen LogP contribution < -0.4 is 4.74 Å². The van der Waals surface area contributed by atoms with Crippen LogP contribution in [0.5, 0.6) is 5.75 Å². The van der Waals surface area contributed by atoms with Crippen LogP contribution in [-0.2, 0) is 0 Å². The molecule has 0 aromatic heterocycles. The van der Waals surface area contributed by atoms with Crippen molar-refractivity contribution in [2.45, 2.75) is 116 Å². The van der Waals surface area contributed by atoms with Crippen LogP contribution in [0.4, 0.5) is 0 Å². The first-order valence-electron chi connectivity index (χ1n) is 14.0. The van der Waals surface area contributed by atoms with Gasteiger partial charge in [-0.05, 0) is 91.7 Å². The van der Waals surface area contributed by atoms with E-state index in [1.807, 2.05) is 0 Å². The summed E-state index contributed by atoms with van der Waals surface area (Å²) >= 11 is 0. The Kier molecular flexibility index (Phi) is 8.79. The zero-order valence-electron chi connectivity index (χ0n) is 20.5. The number of fused-ring (bicyclic) bond motifs is 1. The van der Waals surface area contributed by atoms with Gasteiger partial charge in [0.15, 0.2) is 0 Å². The lowest BCUT2D eigenvalue weighted by Gasteiger charge is -2.43. The van der Waals surface area contributed by atoms with Crippen LogP contribution in [-0.4, -0.2) is 6.61 Å². The third-order valence-corrected chi connectivity index (χ3v) is 9.37. The van der Waals surface area contributed by atoms with E-state index in [0.717, 1.165) is 54.3 Å². The van der Waals surface area contributed by atoms with E-state index in [-0.39, 0.29) is 0 Å². The van der Waals surface area contributed by atoms with Crippen LogP contribution in [0.3, 0.4) is 0 Å². The van der Waals surface area contributed by atoms with Gasteiger partial charge in [-0.3, -0.25) is 0 Å². The quantitative estimate of drug-likeness (QED) is 0.359. The minimum Gasteiger partial charge on any atom is -0.494 e. The molecule has 0 spiro atoms. The van der Waals surface area contributed by atoms with E-state index in [2.05, 4.69) is 38.1 Å². The maximum atomic E-state index is 5.86.